The van der Waals surface area contributed by atoms with E-state index in [1.807, 2.05) is 0 Å². The predicted octanol–water partition coefficient (Wildman–Crippen LogP) is 1.69. The molecule has 9 nitrogen and oxygen atoms in total. The van der Waals surface area contributed by atoms with Crippen molar-refractivity contribution >= 4 is 58.3 Å². The molecule has 0 aliphatic carbocycles. The van der Waals surface area contributed by atoms with Crippen LogP contribution in [0.5, 0.6) is 0 Å². The Morgan fingerprint density at radius 1 is 0.970 bits per heavy atom. The molecule has 1 aromatic heterocycles. The Labute approximate surface area is 196 Å². The second-order valence-electron chi connectivity index (χ2n) is 7.25. The third-order valence-electron chi connectivity index (χ3n) is 4.96. The zero-order valence-corrected chi connectivity index (χ0v) is 18.9. The normalized spacial score (nSPS) is 10.5. The van der Waals surface area contributed by atoms with Gasteiger partial charge in [-0.2, -0.15) is 0 Å². The number of carbonyl (C=O) groups excluding carboxylic acids is 3. The maximum absolute atomic E-state index is 12.8. The van der Waals surface area contributed by atoms with Gasteiger partial charge in [-0.1, -0.05) is 12.1 Å². The topological polar surface area (TPSA) is 135 Å². The molecule has 0 fully saturated rings. The van der Waals surface area contributed by atoms with E-state index in [4.69, 9.17) is 10.2 Å². The number of nitrogens with one attached hydrogen (secondary N) is 2. The van der Waals surface area contributed by atoms with Crippen LogP contribution in [0.4, 0.5) is 5.69 Å². The van der Waals surface area contributed by atoms with Crippen LogP contribution in [0.25, 0.3) is 21.9 Å². The molecule has 3 amide bonds. The van der Waals surface area contributed by atoms with Crippen molar-refractivity contribution in [3.8, 4) is 0 Å². The molecule has 0 atom stereocenters. The van der Waals surface area contributed by atoms with Crippen LogP contribution in [0.15, 0.2) is 51.7 Å². The average Bonchev–Trinajstić information content (AvgIpc) is 2.79. The third-order valence-corrected chi connectivity index (χ3v) is 4.96. The lowest BCUT2D eigenvalue weighted by Crippen LogP contribution is -2.33. The highest BCUT2D eigenvalue weighted by Gasteiger charge is 2.11. The fourth-order valence-corrected chi connectivity index (χ4v) is 3.31. The molecule has 0 radical (unpaired) electrons. The van der Waals surface area contributed by atoms with Gasteiger partial charge < -0.3 is 25.7 Å². The summed E-state index contributed by atoms with van der Waals surface area (Å²) in [5, 5.41) is 6.26. The highest BCUT2D eigenvalue weighted by Crippen LogP contribution is 2.23. The van der Waals surface area contributed by atoms with Crippen molar-refractivity contribution in [1.29, 1.82) is 0 Å². The summed E-state index contributed by atoms with van der Waals surface area (Å²) in [5.41, 5.74) is 6.67. The maximum Gasteiger partial charge on any atom is 0.221 e. The Morgan fingerprint density at radius 3 is 2.42 bits per heavy atom. The van der Waals surface area contributed by atoms with Crippen LogP contribution in [-0.4, -0.2) is 44.4 Å². The number of carbonyl (C=O) groups is 3. The summed E-state index contributed by atoms with van der Waals surface area (Å²) in [6, 6.07) is 12.1. The van der Waals surface area contributed by atoms with Crippen LogP contribution in [-0.2, 0) is 14.4 Å². The highest BCUT2D eigenvalue weighted by atomic mass is 35.5. The van der Waals surface area contributed by atoms with Gasteiger partial charge in [0.15, 0.2) is 0 Å². The first-order chi connectivity index (χ1) is 15.5. The Kier molecular flexibility index (Phi) is 9.84. The van der Waals surface area contributed by atoms with Gasteiger partial charge in [0.1, 0.15) is 11.2 Å². The highest BCUT2D eigenvalue weighted by molar-refractivity contribution is 5.92. The van der Waals surface area contributed by atoms with Gasteiger partial charge in [-0.3, -0.25) is 19.2 Å². The van der Waals surface area contributed by atoms with Crippen LogP contribution in [0.3, 0.4) is 0 Å². The predicted molar refractivity (Wildman–Crippen MR) is 130 cm³/mol. The first-order valence-electron chi connectivity index (χ1n) is 10.4. The average molecular weight is 475 g/mol. The molecule has 176 valence electrons. The Morgan fingerprint density at radius 2 is 1.67 bits per heavy atom. The molecule has 0 saturated carbocycles. The number of amides is 3. The first-order valence-corrected chi connectivity index (χ1v) is 10.4. The molecule has 33 heavy (non-hydrogen) atoms. The van der Waals surface area contributed by atoms with Crippen LogP contribution in [0.2, 0.25) is 0 Å². The molecule has 0 unspecified atom stereocenters. The molecule has 1 heterocycles. The lowest BCUT2D eigenvalue weighted by Gasteiger charge is -2.18. The standard InChI is InChI=1S/C23H26N4O5.ClH/c24-10-8-21(29)26-12-9-22(30)25-11-3-13-27(15-28)16-6-7-20-18(14-16)23(31)17-4-1-2-5-19(17)32-20;/h1-2,4-7,14-15H,3,8-13,24H2,(H,25,30)(H,26,29);1H. The van der Waals surface area contributed by atoms with E-state index in [0.717, 1.165) is 0 Å². The van der Waals surface area contributed by atoms with E-state index in [0.29, 0.717) is 53.5 Å². The molecule has 0 aliphatic heterocycles. The molecule has 2 aromatic carbocycles. The molecule has 10 heteroatoms. The molecular weight excluding hydrogens is 448 g/mol. The maximum atomic E-state index is 12.8. The number of nitrogens with two attached hydrogens (primary N) is 1. The van der Waals surface area contributed by atoms with Gasteiger partial charge in [0, 0.05) is 44.7 Å². The Bertz CT molecular complexity index is 1180. The second kappa shape index (κ2) is 12.6. The van der Waals surface area contributed by atoms with Crippen molar-refractivity contribution in [3.05, 3.63) is 52.7 Å². The molecule has 3 rings (SSSR count). The zero-order chi connectivity index (χ0) is 22.9. The van der Waals surface area contributed by atoms with Crippen molar-refractivity contribution in [3.63, 3.8) is 0 Å². The van der Waals surface area contributed by atoms with Gasteiger partial charge in [0.2, 0.25) is 23.7 Å². The number of rotatable bonds is 11. The zero-order valence-electron chi connectivity index (χ0n) is 18.0. The first kappa shape index (κ1) is 25.8. The van der Waals surface area contributed by atoms with E-state index in [9.17, 15) is 19.2 Å². The Balaban J connectivity index is 0.00000385. The van der Waals surface area contributed by atoms with Crippen LogP contribution < -0.4 is 26.7 Å². The molecule has 0 saturated heterocycles. The number of benzene rings is 2. The molecule has 0 bridgehead atoms. The third kappa shape index (κ3) is 6.77. The van der Waals surface area contributed by atoms with E-state index in [1.54, 1.807) is 42.5 Å². The number of hydrogen-bond acceptors (Lipinski definition) is 6. The van der Waals surface area contributed by atoms with Crippen molar-refractivity contribution in [2.45, 2.75) is 19.3 Å². The minimum absolute atomic E-state index is 0. The SMILES string of the molecule is Cl.NCCC(=O)NCCC(=O)NCCCN(C=O)c1ccc2oc3ccccc3c(=O)c2c1. The lowest BCUT2D eigenvalue weighted by molar-refractivity contribution is -0.122. The number of fused-ring (bicyclic) bond motifs is 2. The molecular formula is C23H27ClN4O5. The monoisotopic (exact) mass is 474 g/mol. The minimum Gasteiger partial charge on any atom is -0.456 e. The summed E-state index contributed by atoms with van der Waals surface area (Å²) in [5.74, 6) is -0.370. The molecule has 0 spiro atoms. The number of anilines is 1. The van der Waals surface area contributed by atoms with E-state index >= 15 is 0 Å². The summed E-state index contributed by atoms with van der Waals surface area (Å²) in [7, 11) is 0. The van der Waals surface area contributed by atoms with E-state index in [2.05, 4.69) is 10.6 Å². The van der Waals surface area contributed by atoms with E-state index in [1.165, 1.54) is 4.90 Å². The van der Waals surface area contributed by atoms with Gasteiger partial charge in [-0.05, 0) is 36.8 Å². The molecule has 3 aromatic rings. The minimum atomic E-state index is -0.189. The van der Waals surface area contributed by atoms with Gasteiger partial charge in [0.25, 0.3) is 0 Å². The molecule has 4 N–H and O–H groups in total. The van der Waals surface area contributed by atoms with Crippen LogP contribution >= 0.6 is 12.4 Å². The van der Waals surface area contributed by atoms with Gasteiger partial charge in [0.05, 0.1) is 10.8 Å². The van der Waals surface area contributed by atoms with Crippen molar-refractivity contribution < 1.29 is 18.8 Å². The van der Waals surface area contributed by atoms with Crippen molar-refractivity contribution in [2.75, 3.05) is 31.1 Å². The number of halogens is 1. The Hall–Kier alpha value is -3.43. The summed E-state index contributed by atoms with van der Waals surface area (Å²) in [6.07, 6.45) is 1.62. The van der Waals surface area contributed by atoms with Crippen LogP contribution in [0, 0.1) is 0 Å². The second-order valence-corrected chi connectivity index (χ2v) is 7.25. The van der Waals surface area contributed by atoms with Gasteiger partial charge >= 0.3 is 0 Å². The summed E-state index contributed by atoms with van der Waals surface area (Å²) >= 11 is 0. The quantitative estimate of drug-likeness (QED) is 0.220. The number of nitrogens with zero attached hydrogens (tertiary/aromatic N) is 1. The van der Waals surface area contributed by atoms with Crippen molar-refractivity contribution in [2.24, 2.45) is 5.73 Å². The fourth-order valence-electron chi connectivity index (χ4n) is 3.31. The number of hydrogen-bond donors (Lipinski definition) is 3. The fraction of sp³-hybridized carbons (Fsp3) is 0.304. The lowest BCUT2D eigenvalue weighted by atomic mass is 10.1. The summed E-state index contributed by atoms with van der Waals surface area (Å²) in [6.45, 7) is 1.26. The smallest absolute Gasteiger partial charge is 0.221 e. The van der Waals surface area contributed by atoms with E-state index < -0.39 is 0 Å². The largest absolute Gasteiger partial charge is 0.456 e. The summed E-state index contributed by atoms with van der Waals surface area (Å²) in [4.78, 5) is 49.0. The number of para-hydroxylation sites is 1. The van der Waals surface area contributed by atoms with E-state index in [-0.39, 0.29) is 55.6 Å². The molecule has 0 aliphatic rings. The summed E-state index contributed by atoms with van der Waals surface area (Å²) < 4.78 is 5.79. The van der Waals surface area contributed by atoms with Crippen molar-refractivity contribution in [1.82, 2.24) is 10.6 Å². The van der Waals surface area contributed by atoms with Gasteiger partial charge in [-0.15, -0.1) is 12.4 Å². The van der Waals surface area contributed by atoms with Gasteiger partial charge in [-0.25, -0.2) is 0 Å². The van der Waals surface area contributed by atoms with Crippen LogP contribution in [0.1, 0.15) is 19.3 Å².